The van der Waals surface area contributed by atoms with Crippen molar-refractivity contribution in [3.63, 3.8) is 0 Å². The number of halogens is 1. The molecule has 0 spiro atoms. The van der Waals surface area contributed by atoms with Gasteiger partial charge in [-0.25, -0.2) is 9.18 Å². The summed E-state index contributed by atoms with van der Waals surface area (Å²) in [6, 6.07) is 1.71. The van der Waals surface area contributed by atoms with Gasteiger partial charge in [0.15, 0.2) is 0 Å². The number of rotatable bonds is 10. The third kappa shape index (κ3) is 5.90. The standard InChI is InChI=1S/C26H37FO4/c1-7-8-9-10-18-14-21(31-26(5,6)15-27)23(24(28)22(18)25(29)30)20-13-17(4)11-12-19(20)16(2)3/h13-14,19-20,28H,2,7-12,15H2,1,3-6H3,(H,29,30). The number of unbranched alkanes of at least 4 members (excludes halogenated alkanes) is 2. The van der Waals surface area contributed by atoms with Gasteiger partial charge in [-0.2, -0.15) is 0 Å². The summed E-state index contributed by atoms with van der Waals surface area (Å²) in [5.74, 6) is -1.31. The van der Waals surface area contributed by atoms with E-state index < -0.39 is 18.2 Å². The number of carbonyl (C=O) groups is 1. The highest BCUT2D eigenvalue weighted by molar-refractivity contribution is 5.94. The molecule has 2 atom stereocenters. The van der Waals surface area contributed by atoms with Gasteiger partial charge in [-0.15, -0.1) is 0 Å². The number of aromatic carboxylic acids is 1. The number of aromatic hydroxyl groups is 1. The summed E-state index contributed by atoms with van der Waals surface area (Å²) in [7, 11) is 0. The molecule has 0 bridgehead atoms. The van der Waals surface area contributed by atoms with Crippen LogP contribution in [-0.4, -0.2) is 28.5 Å². The zero-order chi connectivity index (χ0) is 23.3. The van der Waals surface area contributed by atoms with Crippen molar-refractivity contribution in [2.75, 3.05) is 6.67 Å². The van der Waals surface area contributed by atoms with Crippen LogP contribution in [0.15, 0.2) is 29.9 Å². The van der Waals surface area contributed by atoms with Crippen LogP contribution in [0.3, 0.4) is 0 Å². The molecule has 1 aromatic carbocycles. The largest absolute Gasteiger partial charge is 0.507 e. The molecule has 31 heavy (non-hydrogen) atoms. The number of alkyl halides is 1. The van der Waals surface area contributed by atoms with Gasteiger partial charge in [-0.05, 0) is 70.9 Å². The van der Waals surface area contributed by atoms with Crippen LogP contribution in [0, 0.1) is 5.92 Å². The smallest absolute Gasteiger partial charge is 0.339 e. The first kappa shape index (κ1) is 25.0. The second-order valence-electron chi connectivity index (χ2n) is 9.46. The summed E-state index contributed by atoms with van der Waals surface area (Å²) < 4.78 is 19.7. The van der Waals surface area contributed by atoms with E-state index in [0.717, 1.165) is 37.7 Å². The summed E-state index contributed by atoms with van der Waals surface area (Å²) in [4.78, 5) is 12.1. The van der Waals surface area contributed by atoms with E-state index in [1.807, 2.05) is 13.8 Å². The van der Waals surface area contributed by atoms with Gasteiger partial charge in [-0.1, -0.05) is 43.6 Å². The minimum absolute atomic E-state index is 0.0398. The molecule has 0 fully saturated rings. The SMILES string of the molecule is C=C(C)C1CCC(C)=CC1c1c(OC(C)(C)CF)cc(CCCCC)c(C(=O)O)c1O. The molecule has 0 saturated heterocycles. The number of ether oxygens (including phenoxy) is 1. The maximum Gasteiger partial charge on any atom is 0.339 e. The molecular weight excluding hydrogens is 395 g/mol. The Morgan fingerprint density at radius 3 is 2.58 bits per heavy atom. The average Bonchev–Trinajstić information content (AvgIpc) is 2.67. The Morgan fingerprint density at radius 2 is 2.03 bits per heavy atom. The van der Waals surface area contributed by atoms with Crippen molar-refractivity contribution >= 4 is 5.97 Å². The maximum absolute atomic E-state index is 13.6. The number of benzene rings is 1. The molecule has 0 aliphatic heterocycles. The fourth-order valence-electron chi connectivity index (χ4n) is 4.35. The Kier molecular flexibility index (Phi) is 8.33. The van der Waals surface area contributed by atoms with Gasteiger partial charge in [0, 0.05) is 11.5 Å². The van der Waals surface area contributed by atoms with Crippen molar-refractivity contribution < 1.29 is 24.1 Å². The zero-order valence-electron chi connectivity index (χ0n) is 19.6. The second-order valence-corrected chi connectivity index (χ2v) is 9.46. The van der Waals surface area contributed by atoms with E-state index in [9.17, 15) is 19.4 Å². The summed E-state index contributed by atoms with van der Waals surface area (Å²) in [6.07, 6.45) is 7.11. The van der Waals surface area contributed by atoms with Crippen molar-refractivity contribution in [3.8, 4) is 11.5 Å². The summed E-state index contributed by atoms with van der Waals surface area (Å²) in [5.41, 5.74) is 1.90. The van der Waals surface area contributed by atoms with E-state index in [0.29, 0.717) is 23.3 Å². The number of carboxylic acids is 1. The van der Waals surface area contributed by atoms with Crippen LogP contribution in [-0.2, 0) is 6.42 Å². The lowest BCUT2D eigenvalue weighted by Crippen LogP contribution is -2.32. The van der Waals surface area contributed by atoms with Gasteiger partial charge in [0.2, 0.25) is 0 Å². The highest BCUT2D eigenvalue weighted by Gasteiger charge is 2.35. The minimum atomic E-state index is -1.16. The summed E-state index contributed by atoms with van der Waals surface area (Å²) >= 11 is 0. The van der Waals surface area contributed by atoms with E-state index in [1.165, 1.54) is 5.57 Å². The predicted molar refractivity (Wildman–Crippen MR) is 123 cm³/mol. The number of aryl methyl sites for hydroxylation is 1. The molecule has 1 aliphatic carbocycles. The highest BCUT2D eigenvalue weighted by atomic mass is 19.1. The first-order valence-electron chi connectivity index (χ1n) is 11.2. The lowest BCUT2D eigenvalue weighted by atomic mass is 9.73. The number of allylic oxidation sites excluding steroid dienone is 3. The summed E-state index contributed by atoms with van der Waals surface area (Å²) in [5, 5.41) is 21.2. The van der Waals surface area contributed by atoms with Gasteiger partial charge >= 0.3 is 5.97 Å². The van der Waals surface area contributed by atoms with Crippen molar-refractivity contribution in [1.82, 2.24) is 0 Å². The van der Waals surface area contributed by atoms with Crippen LogP contribution in [0.5, 0.6) is 11.5 Å². The number of hydrogen-bond donors (Lipinski definition) is 2. The van der Waals surface area contributed by atoms with E-state index in [2.05, 4.69) is 19.6 Å². The van der Waals surface area contributed by atoms with E-state index in [1.54, 1.807) is 19.9 Å². The van der Waals surface area contributed by atoms with E-state index in [4.69, 9.17) is 4.74 Å². The Hall–Kier alpha value is -2.30. The molecule has 172 valence electrons. The van der Waals surface area contributed by atoms with Crippen molar-refractivity contribution in [2.24, 2.45) is 5.92 Å². The monoisotopic (exact) mass is 432 g/mol. The molecule has 2 N–H and O–H groups in total. The van der Waals surface area contributed by atoms with E-state index in [-0.39, 0.29) is 23.1 Å². The molecule has 5 heteroatoms. The Bertz CT molecular complexity index is 853. The molecule has 2 rings (SSSR count). The molecule has 1 aliphatic rings. The van der Waals surface area contributed by atoms with Crippen LogP contribution in [0.2, 0.25) is 0 Å². The zero-order valence-corrected chi connectivity index (χ0v) is 19.6. The number of hydrogen-bond acceptors (Lipinski definition) is 3. The fourth-order valence-corrected chi connectivity index (χ4v) is 4.35. The maximum atomic E-state index is 13.6. The van der Waals surface area contributed by atoms with Crippen molar-refractivity contribution in [2.45, 2.75) is 84.7 Å². The normalized spacial score (nSPS) is 19.1. The predicted octanol–water partition coefficient (Wildman–Crippen LogP) is 6.97. The molecule has 0 saturated carbocycles. The molecule has 2 unspecified atom stereocenters. The molecule has 4 nitrogen and oxygen atoms in total. The van der Waals surface area contributed by atoms with Crippen LogP contribution in [0.25, 0.3) is 0 Å². The molecule has 0 amide bonds. The summed E-state index contributed by atoms with van der Waals surface area (Å²) in [6.45, 7) is 12.8. The van der Waals surface area contributed by atoms with E-state index >= 15 is 0 Å². The molecule has 1 aromatic rings. The van der Waals surface area contributed by atoms with Crippen LogP contribution >= 0.6 is 0 Å². The van der Waals surface area contributed by atoms with Crippen molar-refractivity contribution in [3.05, 3.63) is 46.6 Å². The Labute approximate surface area is 185 Å². The first-order valence-corrected chi connectivity index (χ1v) is 11.2. The molecule has 0 heterocycles. The quantitative estimate of drug-likeness (QED) is 0.310. The lowest BCUT2D eigenvalue weighted by Gasteiger charge is -2.34. The Morgan fingerprint density at radius 1 is 1.35 bits per heavy atom. The van der Waals surface area contributed by atoms with Crippen molar-refractivity contribution in [1.29, 1.82) is 0 Å². The molecule has 0 radical (unpaired) electrons. The molecule has 0 aromatic heterocycles. The Balaban J connectivity index is 2.76. The second kappa shape index (κ2) is 10.3. The lowest BCUT2D eigenvalue weighted by molar-refractivity contribution is 0.0689. The van der Waals surface area contributed by atoms with Gasteiger partial charge in [0.25, 0.3) is 0 Å². The third-order valence-electron chi connectivity index (χ3n) is 6.07. The minimum Gasteiger partial charge on any atom is -0.507 e. The number of carboxylic acid groups (broad SMARTS) is 1. The first-order chi connectivity index (χ1) is 14.5. The highest BCUT2D eigenvalue weighted by Crippen LogP contribution is 2.49. The molecular formula is C26H37FO4. The van der Waals surface area contributed by atoms with Crippen LogP contribution in [0.1, 0.15) is 94.1 Å². The van der Waals surface area contributed by atoms with Gasteiger partial charge in [-0.3, -0.25) is 0 Å². The third-order valence-corrected chi connectivity index (χ3v) is 6.07. The van der Waals surface area contributed by atoms with Gasteiger partial charge in [0.05, 0.1) is 0 Å². The topological polar surface area (TPSA) is 66.8 Å². The van der Waals surface area contributed by atoms with Gasteiger partial charge < -0.3 is 14.9 Å². The number of phenols is 1. The fraction of sp³-hybridized carbons (Fsp3) is 0.577. The van der Waals surface area contributed by atoms with Crippen LogP contribution < -0.4 is 4.74 Å². The average molecular weight is 433 g/mol. The van der Waals surface area contributed by atoms with Gasteiger partial charge in [0.1, 0.15) is 29.3 Å². The van der Waals surface area contributed by atoms with Crippen LogP contribution in [0.4, 0.5) is 4.39 Å².